The fourth-order valence-electron chi connectivity index (χ4n) is 10.9. The van der Waals surface area contributed by atoms with Gasteiger partial charge in [-0.05, 0) is 143 Å². The van der Waals surface area contributed by atoms with Crippen LogP contribution in [0.2, 0.25) is 0 Å². The lowest BCUT2D eigenvalue weighted by Gasteiger charge is -2.34. The number of likely N-dealkylation sites (tertiary alicyclic amines) is 3. The number of hydrogen-bond acceptors (Lipinski definition) is 12. The summed E-state index contributed by atoms with van der Waals surface area (Å²) in [7, 11) is 0. The Labute approximate surface area is 506 Å². The highest BCUT2D eigenvalue weighted by Gasteiger charge is 2.34. The van der Waals surface area contributed by atoms with Gasteiger partial charge >= 0.3 is 0 Å². The van der Waals surface area contributed by atoms with Crippen LogP contribution in [0, 0.1) is 12.5 Å². The molecular formula is C65H67F2N17O4. The highest BCUT2D eigenvalue weighted by Crippen LogP contribution is 2.30. The quantitative estimate of drug-likeness (QED) is 0.127. The predicted octanol–water partition coefficient (Wildman–Crippen LogP) is 10.5. The van der Waals surface area contributed by atoms with Gasteiger partial charge in [-0.1, -0.05) is 26.0 Å². The van der Waals surface area contributed by atoms with Crippen LogP contribution in [0.15, 0.2) is 135 Å². The number of aryl methyl sites for hydroxylation is 1. The first-order chi connectivity index (χ1) is 42.5. The number of alkyl halides is 2. The van der Waals surface area contributed by atoms with Crippen molar-refractivity contribution in [1.29, 1.82) is 0 Å². The average Bonchev–Trinajstić information content (AvgIpc) is 4.50. The molecule has 3 aliphatic rings. The summed E-state index contributed by atoms with van der Waals surface area (Å²) in [5, 5.41) is 17.6. The van der Waals surface area contributed by atoms with Gasteiger partial charge in [0.1, 0.15) is 34.1 Å². The Kier molecular flexibility index (Phi) is 17.2. The molecule has 13 rings (SSSR count). The molecule has 23 heteroatoms. The topological polar surface area (TPSA) is 217 Å². The van der Waals surface area contributed by atoms with Gasteiger partial charge in [0.2, 0.25) is 0 Å². The van der Waals surface area contributed by atoms with Crippen molar-refractivity contribution in [2.45, 2.75) is 90.9 Å². The molecule has 3 fully saturated rings. The molecule has 10 aromatic rings. The van der Waals surface area contributed by atoms with Gasteiger partial charge in [-0.2, -0.15) is 0 Å². The smallest absolute Gasteiger partial charge is 0.272 e. The summed E-state index contributed by atoms with van der Waals surface area (Å²) in [6, 6.07) is 25.9. The monoisotopic (exact) mass is 1190 g/mol. The van der Waals surface area contributed by atoms with E-state index in [9.17, 15) is 28.0 Å². The van der Waals surface area contributed by atoms with Gasteiger partial charge in [0, 0.05) is 111 Å². The van der Waals surface area contributed by atoms with E-state index in [2.05, 4.69) is 57.4 Å². The van der Waals surface area contributed by atoms with Gasteiger partial charge < -0.3 is 24.6 Å². The lowest BCUT2D eigenvalue weighted by Crippen LogP contribution is -2.43. The second-order valence-electron chi connectivity index (χ2n) is 23.0. The summed E-state index contributed by atoms with van der Waals surface area (Å²) >= 11 is 0. The standard InChI is InChI=1S/C22H23FN8O.C22H24FN5O2.C21H20N4O/c1-3-18-26-28-31(27-18)19-5-4-17(14-24-19)30-9-6-15-12-16(13-25-20(15)30)21(32)29-10-7-22(2,23)8-11-29;1-3-24-20(29)16-4-5-18(25-13-16)28-9-6-15-12-17(14-26-19(15)28)21(30)27-10-7-22(2,23)8-11-27;1-15-7-10-24(11-8-15)21(26)19-13-16-9-12-25(20(16)14-23-19)18-5-3-17(22-2)4-6-18/h4-6,9,12-14H,3,7-8,10-11H2,1-2H3;4-6,9,12-14H,3,7-8,10-11H2,1-2H3,(H,24,29);3-6,9,12-15H,7-8,10-11H2,1H3. The van der Waals surface area contributed by atoms with Gasteiger partial charge in [-0.15, -0.1) is 15.0 Å². The summed E-state index contributed by atoms with van der Waals surface area (Å²) in [6.07, 6.45) is 18.1. The number of benzene rings is 1. The molecule has 4 amide bonds. The van der Waals surface area contributed by atoms with E-state index >= 15 is 0 Å². The van der Waals surface area contributed by atoms with Crippen molar-refractivity contribution in [3.8, 4) is 23.0 Å². The van der Waals surface area contributed by atoms with Gasteiger partial charge in [-0.3, -0.25) is 28.3 Å². The summed E-state index contributed by atoms with van der Waals surface area (Å²) in [5.74, 6) is 2.17. The molecular weight excluding hydrogens is 1120 g/mol. The Hall–Kier alpha value is -10.1. The highest BCUT2D eigenvalue weighted by atomic mass is 19.1. The maximum absolute atomic E-state index is 14.1. The number of fused-ring (bicyclic) bond motifs is 3. The van der Waals surface area contributed by atoms with Gasteiger partial charge in [0.05, 0.1) is 46.9 Å². The zero-order chi connectivity index (χ0) is 61.7. The van der Waals surface area contributed by atoms with Gasteiger partial charge in [0.25, 0.3) is 23.6 Å². The molecule has 450 valence electrons. The number of halogens is 2. The third kappa shape index (κ3) is 13.2. The van der Waals surface area contributed by atoms with E-state index in [-0.39, 0.29) is 23.6 Å². The van der Waals surface area contributed by atoms with Gasteiger partial charge in [-0.25, -0.2) is 38.5 Å². The number of hydrogen-bond donors (Lipinski definition) is 1. The van der Waals surface area contributed by atoms with Crippen LogP contribution in [0.3, 0.4) is 0 Å². The van der Waals surface area contributed by atoms with E-state index in [1.54, 1.807) is 83.3 Å². The number of nitrogens with zero attached hydrogens (tertiary/aromatic N) is 16. The Morgan fingerprint density at radius 3 is 1.69 bits per heavy atom. The molecule has 88 heavy (non-hydrogen) atoms. The SMILES string of the molecule is CCNC(=O)c1ccc(-n2ccc3cc(C(=O)N4CCC(C)(F)CC4)cnc32)nc1.CCc1nnn(-c2ccc(-n3ccc4cc(C(=O)N5CCC(C)(F)CC5)cnc43)cn2)n1.[C-]#[N+]c1ccc(-n2ccc3cc(C(=O)N4CCC(C)CC4)ncc32)cc1. The fraction of sp³-hybridized carbons (Fsp3) is 0.338. The summed E-state index contributed by atoms with van der Waals surface area (Å²) in [5.41, 5.74) is 4.35. The van der Waals surface area contributed by atoms with E-state index in [1.165, 1.54) is 11.0 Å². The normalized spacial score (nSPS) is 15.7. The van der Waals surface area contributed by atoms with E-state index in [0.717, 1.165) is 64.6 Å². The predicted molar refractivity (Wildman–Crippen MR) is 329 cm³/mol. The minimum Gasteiger partial charge on any atom is -0.352 e. The Bertz CT molecular complexity index is 4190. The maximum atomic E-state index is 14.1. The number of pyridine rings is 5. The Balaban J connectivity index is 0.000000137. The number of aromatic nitrogens is 12. The minimum atomic E-state index is -1.20. The first kappa shape index (κ1) is 59.6. The molecule has 0 aliphatic carbocycles. The van der Waals surface area contributed by atoms with Crippen molar-refractivity contribution in [1.82, 2.24) is 78.8 Å². The largest absolute Gasteiger partial charge is 0.352 e. The van der Waals surface area contributed by atoms with Crippen LogP contribution in [0.5, 0.6) is 0 Å². The van der Waals surface area contributed by atoms with Crippen LogP contribution in [0.4, 0.5) is 14.5 Å². The molecule has 3 saturated heterocycles. The molecule has 1 aromatic carbocycles. The molecule has 0 spiro atoms. The molecule has 3 aliphatic heterocycles. The fourth-order valence-corrected chi connectivity index (χ4v) is 10.9. The average molecular weight is 1190 g/mol. The van der Waals surface area contributed by atoms with E-state index in [4.69, 9.17) is 6.57 Å². The zero-order valence-corrected chi connectivity index (χ0v) is 49.7. The molecule has 12 heterocycles. The van der Waals surface area contributed by atoms with Crippen LogP contribution < -0.4 is 5.32 Å². The van der Waals surface area contributed by atoms with Crippen LogP contribution >= 0.6 is 0 Å². The van der Waals surface area contributed by atoms with Crippen molar-refractivity contribution in [3.05, 3.63) is 174 Å². The molecule has 0 unspecified atom stereocenters. The lowest BCUT2D eigenvalue weighted by atomic mass is 9.95. The number of carbonyl (C=O) groups is 4. The van der Waals surface area contributed by atoms with Crippen LogP contribution in [0.25, 0.3) is 60.8 Å². The second-order valence-corrected chi connectivity index (χ2v) is 23.0. The van der Waals surface area contributed by atoms with Crippen LogP contribution in [-0.2, 0) is 6.42 Å². The molecule has 1 N–H and O–H groups in total. The zero-order valence-electron chi connectivity index (χ0n) is 49.7. The number of carbonyl (C=O) groups excluding carboxylic acids is 4. The molecule has 0 radical (unpaired) electrons. The third-order valence-electron chi connectivity index (χ3n) is 16.4. The third-order valence-corrected chi connectivity index (χ3v) is 16.4. The summed E-state index contributed by atoms with van der Waals surface area (Å²) < 4.78 is 33.8. The lowest BCUT2D eigenvalue weighted by molar-refractivity contribution is 0.0493. The number of rotatable bonds is 10. The van der Waals surface area contributed by atoms with E-state index in [0.29, 0.717) is 122 Å². The summed E-state index contributed by atoms with van der Waals surface area (Å²) in [4.78, 5) is 82.6. The van der Waals surface area contributed by atoms with E-state index in [1.807, 2.05) is 101 Å². The Morgan fingerprint density at radius 1 is 0.591 bits per heavy atom. The molecule has 9 aromatic heterocycles. The first-order valence-electron chi connectivity index (χ1n) is 29.6. The molecule has 0 atom stereocenters. The van der Waals surface area contributed by atoms with Crippen molar-refractivity contribution in [2.75, 3.05) is 45.8 Å². The van der Waals surface area contributed by atoms with Gasteiger partial charge in [0.15, 0.2) is 17.3 Å². The van der Waals surface area contributed by atoms with Crippen molar-refractivity contribution < 1.29 is 28.0 Å². The number of tetrazole rings is 1. The number of nitrogens with one attached hydrogen (secondary N) is 1. The Morgan fingerprint density at radius 2 is 1.14 bits per heavy atom. The highest BCUT2D eigenvalue weighted by molar-refractivity contribution is 5.99. The van der Waals surface area contributed by atoms with Crippen molar-refractivity contribution >= 4 is 62.3 Å². The number of amides is 4. The van der Waals surface area contributed by atoms with Crippen molar-refractivity contribution in [3.63, 3.8) is 0 Å². The molecule has 0 bridgehead atoms. The van der Waals surface area contributed by atoms with Crippen LogP contribution in [0.1, 0.15) is 121 Å². The molecule has 21 nitrogen and oxygen atoms in total. The second kappa shape index (κ2) is 25.5. The first-order valence-corrected chi connectivity index (χ1v) is 29.6. The van der Waals surface area contributed by atoms with Crippen LogP contribution in [-0.4, -0.2) is 154 Å². The summed E-state index contributed by atoms with van der Waals surface area (Å²) in [6.45, 7) is 20.1. The minimum absolute atomic E-state index is 0.0213. The maximum Gasteiger partial charge on any atom is 0.272 e. The van der Waals surface area contributed by atoms with Crippen molar-refractivity contribution in [2.24, 2.45) is 5.92 Å². The number of piperidine rings is 3. The molecule has 0 saturated carbocycles. The van der Waals surface area contributed by atoms with E-state index < -0.39 is 11.3 Å².